The number of nitrogens with zero attached hydrogens (tertiary/aromatic N) is 3. The average Bonchev–Trinajstić information content (AvgIpc) is 3.11. The summed E-state index contributed by atoms with van der Waals surface area (Å²) in [6, 6.07) is 6.39. The zero-order valence-corrected chi connectivity index (χ0v) is 19.6. The van der Waals surface area contributed by atoms with E-state index >= 15 is 0 Å². The Morgan fingerprint density at radius 1 is 1.12 bits per heavy atom. The molecule has 4 aliphatic heterocycles. The van der Waals surface area contributed by atoms with Crippen LogP contribution in [0.15, 0.2) is 24.3 Å². The molecule has 9 nitrogen and oxygen atoms in total. The van der Waals surface area contributed by atoms with Gasteiger partial charge in [-0.05, 0) is 55.2 Å². The summed E-state index contributed by atoms with van der Waals surface area (Å²) < 4.78 is 5.14. The molecule has 9 heteroatoms. The van der Waals surface area contributed by atoms with Crippen molar-refractivity contribution in [1.82, 2.24) is 20.0 Å². The number of piperidine rings is 3. The predicted octanol–water partition coefficient (Wildman–Crippen LogP) is 1.76. The molecule has 0 aliphatic carbocycles. The zero-order chi connectivity index (χ0) is 23.8. The number of benzene rings is 1. The SMILES string of the molecule is COc1ccc(CN2C(=O)N[C@@H](CCC(=O)N3C[C@H]4C[C@@H](C3)[C@H]3CCCC(=O)N3C4)C2=O)cc1. The van der Waals surface area contributed by atoms with Crippen LogP contribution < -0.4 is 10.1 Å². The largest absolute Gasteiger partial charge is 0.497 e. The van der Waals surface area contributed by atoms with Gasteiger partial charge in [0.25, 0.3) is 5.91 Å². The topological polar surface area (TPSA) is 99.3 Å². The van der Waals surface area contributed by atoms with Crippen LogP contribution in [0.25, 0.3) is 0 Å². The molecule has 1 aromatic rings. The Hall–Kier alpha value is -3.10. The maximum Gasteiger partial charge on any atom is 0.325 e. The van der Waals surface area contributed by atoms with E-state index in [0.29, 0.717) is 43.5 Å². The number of carbonyl (C=O) groups excluding carboxylic acids is 4. The molecule has 5 rings (SSSR count). The van der Waals surface area contributed by atoms with Crippen LogP contribution in [0.5, 0.6) is 5.75 Å². The van der Waals surface area contributed by atoms with E-state index < -0.39 is 12.1 Å². The quantitative estimate of drug-likeness (QED) is 0.642. The van der Waals surface area contributed by atoms with Gasteiger partial charge in [0, 0.05) is 38.5 Å². The van der Waals surface area contributed by atoms with Crippen LogP contribution in [-0.4, -0.2) is 77.3 Å². The van der Waals surface area contributed by atoms with Crippen LogP contribution in [0, 0.1) is 11.8 Å². The van der Waals surface area contributed by atoms with Crippen molar-refractivity contribution >= 4 is 23.8 Å². The summed E-state index contributed by atoms with van der Waals surface area (Å²) in [7, 11) is 1.58. The molecule has 34 heavy (non-hydrogen) atoms. The minimum atomic E-state index is -0.676. The second-order valence-corrected chi connectivity index (χ2v) is 9.98. The third kappa shape index (κ3) is 4.35. The first-order chi connectivity index (χ1) is 16.4. The van der Waals surface area contributed by atoms with E-state index in [1.54, 1.807) is 19.2 Å². The van der Waals surface area contributed by atoms with Crippen LogP contribution in [0.2, 0.25) is 0 Å². The fourth-order valence-corrected chi connectivity index (χ4v) is 6.08. The number of carbonyl (C=O) groups is 4. The first-order valence-corrected chi connectivity index (χ1v) is 12.2. The highest BCUT2D eigenvalue weighted by Gasteiger charge is 2.45. The monoisotopic (exact) mass is 468 g/mol. The van der Waals surface area contributed by atoms with Gasteiger partial charge in [0.1, 0.15) is 11.8 Å². The molecule has 1 N–H and O–H groups in total. The lowest BCUT2D eigenvalue weighted by molar-refractivity contribution is -0.148. The molecule has 5 amide bonds. The van der Waals surface area contributed by atoms with E-state index in [0.717, 1.165) is 31.4 Å². The molecule has 0 spiro atoms. The fraction of sp³-hybridized carbons (Fsp3) is 0.600. The summed E-state index contributed by atoms with van der Waals surface area (Å²) in [6.45, 7) is 2.28. The summed E-state index contributed by atoms with van der Waals surface area (Å²) in [5.74, 6) is 1.38. The molecule has 0 aromatic heterocycles. The molecule has 4 aliphatic rings. The normalized spacial score (nSPS) is 28.6. The minimum Gasteiger partial charge on any atom is -0.497 e. The number of urea groups is 1. The maximum atomic E-state index is 13.0. The second kappa shape index (κ2) is 9.27. The van der Waals surface area contributed by atoms with E-state index in [-0.39, 0.29) is 36.7 Å². The van der Waals surface area contributed by atoms with Gasteiger partial charge in [-0.2, -0.15) is 0 Å². The first-order valence-electron chi connectivity index (χ1n) is 12.2. The molecular weight excluding hydrogens is 436 g/mol. The molecule has 0 unspecified atom stereocenters. The van der Waals surface area contributed by atoms with Crippen LogP contribution in [-0.2, 0) is 20.9 Å². The smallest absolute Gasteiger partial charge is 0.325 e. The van der Waals surface area contributed by atoms with E-state index in [4.69, 9.17) is 4.74 Å². The third-order valence-corrected chi connectivity index (χ3v) is 7.79. The van der Waals surface area contributed by atoms with Gasteiger partial charge in [0.05, 0.1) is 13.7 Å². The highest BCUT2D eigenvalue weighted by atomic mass is 16.5. The number of nitrogens with one attached hydrogen (secondary N) is 1. The van der Waals surface area contributed by atoms with Crippen molar-refractivity contribution in [2.24, 2.45) is 11.8 Å². The number of amides is 5. The Morgan fingerprint density at radius 2 is 1.91 bits per heavy atom. The summed E-state index contributed by atoms with van der Waals surface area (Å²) in [5, 5.41) is 2.73. The number of rotatable bonds is 6. The summed E-state index contributed by atoms with van der Waals surface area (Å²) in [4.78, 5) is 55.8. The van der Waals surface area contributed by atoms with Crippen molar-refractivity contribution in [3.8, 4) is 5.75 Å². The van der Waals surface area contributed by atoms with Crippen LogP contribution in [0.3, 0.4) is 0 Å². The molecule has 4 heterocycles. The fourth-order valence-electron chi connectivity index (χ4n) is 6.08. The Bertz CT molecular complexity index is 980. The van der Waals surface area contributed by atoms with Crippen molar-refractivity contribution in [2.45, 2.75) is 57.2 Å². The minimum absolute atomic E-state index is 0.0286. The number of ether oxygens (including phenoxy) is 1. The van der Waals surface area contributed by atoms with Crippen LogP contribution in [0.4, 0.5) is 4.79 Å². The highest BCUT2D eigenvalue weighted by Crippen LogP contribution is 2.38. The summed E-state index contributed by atoms with van der Waals surface area (Å²) >= 11 is 0. The van der Waals surface area contributed by atoms with Crippen LogP contribution in [0.1, 0.15) is 44.1 Å². The van der Waals surface area contributed by atoms with E-state index in [9.17, 15) is 19.2 Å². The molecule has 2 bridgehead atoms. The van der Waals surface area contributed by atoms with Gasteiger partial charge >= 0.3 is 6.03 Å². The van der Waals surface area contributed by atoms with Gasteiger partial charge in [0.2, 0.25) is 11.8 Å². The molecule has 0 radical (unpaired) electrons. The third-order valence-electron chi connectivity index (χ3n) is 7.79. The van der Waals surface area contributed by atoms with E-state index in [1.165, 1.54) is 4.90 Å². The molecule has 4 fully saturated rings. The van der Waals surface area contributed by atoms with Crippen molar-refractivity contribution in [3.05, 3.63) is 29.8 Å². The van der Waals surface area contributed by atoms with Crippen molar-refractivity contribution in [1.29, 1.82) is 0 Å². The van der Waals surface area contributed by atoms with Crippen LogP contribution >= 0.6 is 0 Å². The van der Waals surface area contributed by atoms with E-state index in [1.807, 2.05) is 17.0 Å². The van der Waals surface area contributed by atoms with Crippen molar-refractivity contribution < 1.29 is 23.9 Å². The number of methoxy groups -OCH3 is 1. The molecule has 4 saturated heterocycles. The number of likely N-dealkylation sites (tertiary alicyclic amines) is 1. The van der Waals surface area contributed by atoms with E-state index in [2.05, 4.69) is 10.2 Å². The van der Waals surface area contributed by atoms with Gasteiger partial charge in [-0.15, -0.1) is 0 Å². The Morgan fingerprint density at radius 3 is 2.68 bits per heavy atom. The Labute approximate surface area is 199 Å². The maximum absolute atomic E-state index is 13.0. The Kier molecular flexibility index (Phi) is 6.18. The molecule has 0 saturated carbocycles. The zero-order valence-electron chi connectivity index (χ0n) is 19.6. The standard InChI is InChI=1S/C25H32N4O5/c1-34-19-7-5-16(6-8-19)13-29-24(32)20(26-25(29)33)9-10-22(30)27-12-17-11-18(15-27)21-3-2-4-23(31)28(21)14-17/h5-8,17-18,20-21H,2-4,9-15H2,1H3,(H,26,33)/t17-,18+,20+,21-/m1/s1. The second-order valence-electron chi connectivity index (χ2n) is 9.98. The predicted molar refractivity (Wildman–Crippen MR) is 123 cm³/mol. The number of hydrogen-bond donors (Lipinski definition) is 1. The number of hydrogen-bond acceptors (Lipinski definition) is 5. The van der Waals surface area contributed by atoms with Gasteiger partial charge in [-0.3, -0.25) is 19.3 Å². The summed E-state index contributed by atoms with van der Waals surface area (Å²) in [6.07, 6.45) is 4.20. The lowest BCUT2D eigenvalue weighted by atomic mass is 9.76. The summed E-state index contributed by atoms with van der Waals surface area (Å²) in [5.41, 5.74) is 0.830. The Balaban J connectivity index is 1.14. The number of imide groups is 1. The average molecular weight is 469 g/mol. The molecule has 1 aromatic carbocycles. The van der Waals surface area contributed by atoms with Crippen molar-refractivity contribution in [3.63, 3.8) is 0 Å². The highest BCUT2D eigenvalue weighted by molar-refractivity contribution is 6.04. The van der Waals surface area contributed by atoms with Gasteiger partial charge in [0.15, 0.2) is 0 Å². The molecule has 182 valence electrons. The van der Waals surface area contributed by atoms with Crippen molar-refractivity contribution in [2.75, 3.05) is 26.7 Å². The van der Waals surface area contributed by atoms with Gasteiger partial charge < -0.3 is 19.9 Å². The lowest BCUT2D eigenvalue weighted by Gasteiger charge is -2.52. The first kappa shape index (κ1) is 22.7. The van der Waals surface area contributed by atoms with Gasteiger partial charge in [-0.25, -0.2) is 4.79 Å². The molecular formula is C25H32N4O5. The lowest BCUT2D eigenvalue weighted by Crippen LogP contribution is -2.61. The molecule has 4 atom stereocenters. The number of fused-ring (bicyclic) bond motifs is 4. The van der Waals surface area contributed by atoms with Gasteiger partial charge in [-0.1, -0.05) is 12.1 Å².